The highest BCUT2D eigenvalue weighted by molar-refractivity contribution is 5.75. The molecule has 72 valence electrons. The lowest BCUT2D eigenvalue weighted by atomic mass is 10.3. The molecule has 2 heterocycles. The third-order valence-corrected chi connectivity index (χ3v) is 2.24. The minimum Gasteiger partial charge on any atom is -0.303 e. The van der Waals surface area contributed by atoms with E-state index in [9.17, 15) is 4.79 Å². The highest BCUT2D eigenvalue weighted by Crippen LogP contribution is 2.09. The van der Waals surface area contributed by atoms with E-state index in [1.165, 1.54) is 0 Å². The number of aromatic nitrogens is 2. The monoisotopic (exact) mass is 188 g/mol. The van der Waals surface area contributed by atoms with Gasteiger partial charge in [-0.3, -0.25) is 4.79 Å². The van der Waals surface area contributed by atoms with Gasteiger partial charge in [-0.05, 0) is 18.6 Å². The summed E-state index contributed by atoms with van der Waals surface area (Å²) in [5.74, 6) is 1.02. The van der Waals surface area contributed by atoms with Crippen LogP contribution in [0.25, 0.3) is 5.52 Å². The Morgan fingerprint density at radius 1 is 1.50 bits per heavy atom. The van der Waals surface area contributed by atoms with Gasteiger partial charge in [0.05, 0.1) is 11.7 Å². The molecular weight excluding hydrogens is 176 g/mol. The lowest BCUT2D eigenvalue weighted by Gasteiger charge is -1.99. The van der Waals surface area contributed by atoms with Crippen LogP contribution in [0.5, 0.6) is 0 Å². The fourth-order valence-electron chi connectivity index (χ4n) is 1.54. The van der Waals surface area contributed by atoms with E-state index in [1.807, 2.05) is 22.9 Å². The number of carbonyl (C=O) groups excluding carboxylic acids is 1. The first-order valence-electron chi connectivity index (χ1n) is 4.76. The van der Waals surface area contributed by atoms with Crippen LogP contribution in [0.2, 0.25) is 0 Å². The van der Waals surface area contributed by atoms with Gasteiger partial charge < -0.3 is 4.40 Å². The SMILES string of the molecule is CCCc1ncc2ccc(C=O)cn12. The Morgan fingerprint density at radius 2 is 2.36 bits per heavy atom. The van der Waals surface area contributed by atoms with E-state index in [1.54, 1.807) is 6.07 Å². The smallest absolute Gasteiger partial charge is 0.151 e. The first-order chi connectivity index (χ1) is 6.85. The predicted molar refractivity (Wildman–Crippen MR) is 54.6 cm³/mol. The summed E-state index contributed by atoms with van der Waals surface area (Å²) in [4.78, 5) is 14.9. The van der Waals surface area contributed by atoms with Crippen LogP contribution in [0.15, 0.2) is 24.5 Å². The van der Waals surface area contributed by atoms with Crippen LogP contribution >= 0.6 is 0 Å². The van der Waals surface area contributed by atoms with E-state index in [-0.39, 0.29) is 0 Å². The molecule has 3 nitrogen and oxygen atoms in total. The molecule has 0 aromatic carbocycles. The maximum Gasteiger partial charge on any atom is 0.151 e. The van der Waals surface area contributed by atoms with Crippen molar-refractivity contribution in [2.24, 2.45) is 0 Å². The third-order valence-electron chi connectivity index (χ3n) is 2.24. The van der Waals surface area contributed by atoms with Crippen LogP contribution in [0.3, 0.4) is 0 Å². The number of aldehydes is 1. The summed E-state index contributed by atoms with van der Waals surface area (Å²) in [6, 6.07) is 3.72. The van der Waals surface area contributed by atoms with Crippen molar-refractivity contribution < 1.29 is 4.79 Å². The molecule has 2 aromatic heterocycles. The fraction of sp³-hybridized carbons (Fsp3) is 0.273. The van der Waals surface area contributed by atoms with Gasteiger partial charge >= 0.3 is 0 Å². The largest absolute Gasteiger partial charge is 0.303 e. The second-order valence-corrected chi connectivity index (χ2v) is 3.30. The van der Waals surface area contributed by atoms with Gasteiger partial charge in [-0.2, -0.15) is 0 Å². The molecule has 0 aliphatic rings. The first kappa shape index (κ1) is 8.94. The molecule has 3 heteroatoms. The Bertz CT molecular complexity index is 459. The summed E-state index contributed by atoms with van der Waals surface area (Å²) in [6.07, 6.45) is 6.52. The van der Waals surface area contributed by atoms with Gasteiger partial charge in [0.15, 0.2) is 6.29 Å². The number of aryl methyl sites for hydroxylation is 1. The maximum atomic E-state index is 10.6. The number of rotatable bonds is 3. The molecule has 14 heavy (non-hydrogen) atoms. The van der Waals surface area contributed by atoms with Crippen molar-refractivity contribution in [2.75, 3.05) is 0 Å². The summed E-state index contributed by atoms with van der Waals surface area (Å²) in [5.41, 5.74) is 1.73. The molecule has 2 rings (SSSR count). The average molecular weight is 188 g/mol. The fourth-order valence-corrected chi connectivity index (χ4v) is 1.54. The standard InChI is InChI=1S/C11H12N2O/c1-2-3-11-12-6-10-5-4-9(8-14)7-13(10)11/h4-8H,2-3H2,1H3. The average Bonchev–Trinajstić information content (AvgIpc) is 2.61. The number of imidazole rings is 1. The van der Waals surface area contributed by atoms with Gasteiger partial charge in [-0.15, -0.1) is 0 Å². The van der Waals surface area contributed by atoms with E-state index < -0.39 is 0 Å². The summed E-state index contributed by atoms with van der Waals surface area (Å²) in [6.45, 7) is 2.12. The molecule has 0 bridgehead atoms. The van der Waals surface area contributed by atoms with E-state index in [2.05, 4.69) is 11.9 Å². The van der Waals surface area contributed by atoms with Crippen LogP contribution in [0, 0.1) is 0 Å². The molecule has 0 saturated carbocycles. The first-order valence-corrected chi connectivity index (χ1v) is 4.76. The minimum absolute atomic E-state index is 0.688. The lowest BCUT2D eigenvalue weighted by molar-refractivity contribution is 0.112. The Labute approximate surface area is 82.4 Å². The normalized spacial score (nSPS) is 10.6. The van der Waals surface area contributed by atoms with Crippen molar-refractivity contribution in [3.63, 3.8) is 0 Å². The van der Waals surface area contributed by atoms with Gasteiger partial charge in [-0.1, -0.05) is 6.92 Å². The number of pyridine rings is 1. The molecule has 0 aliphatic heterocycles. The molecule has 0 amide bonds. The Balaban J connectivity index is 2.57. The Morgan fingerprint density at radius 3 is 3.07 bits per heavy atom. The predicted octanol–water partition coefficient (Wildman–Crippen LogP) is 2.10. The van der Waals surface area contributed by atoms with Crippen molar-refractivity contribution in [1.29, 1.82) is 0 Å². The molecular formula is C11H12N2O. The molecule has 2 aromatic rings. The van der Waals surface area contributed by atoms with Gasteiger partial charge in [-0.25, -0.2) is 4.98 Å². The van der Waals surface area contributed by atoms with Crippen LogP contribution < -0.4 is 0 Å². The second kappa shape index (κ2) is 3.62. The van der Waals surface area contributed by atoms with E-state index in [0.717, 1.165) is 30.5 Å². The zero-order valence-electron chi connectivity index (χ0n) is 8.10. The highest BCUT2D eigenvalue weighted by Gasteiger charge is 2.02. The van der Waals surface area contributed by atoms with Gasteiger partial charge in [0.25, 0.3) is 0 Å². The van der Waals surface area contributed by atoms with E-state index in [4.69, 9.17) is 0 Å². The van der Waals surface area contributed by atoms with Crippen molar-refractivity contribution in [1.82, 2.24) is 9.38 Å². The van der Waals surface area contributed by atoms with Gasteiger partial charge in [0, 0.05) is 18.2 Å². The molecule has 0 spiro atoms. The summed E-state index contributed by atoms with van der Waals surface area (Å²) < 4.78 is 1.98. The molecule has 0 atom stereocenters. The van der Waals surface area contributed by atoms with Crippen LogP contribution in [-0.2, 0) is 6.42 Å². The number of hydrogen-bond donors (Lipinski definition) is 0. The van der Waals surface area contributed by atoms with E-state index in [0.29, 0.717) is 5.56 Å². The molecule has 0 saturated heterocycles. The molecule has 0 N–H and O–H groups in total. The third kappa shape index (κ3) is 1.41. The van der Waals surface area contributed by atoms with Crippen molar-refractivity contribution in [3.05, 3.63) is 35.9 Å². The van der Waals surface area contributed by atoms with Crippen molar-refractivity contribution >= 4 is 11.8 Å². The number of carbonyl (C=O) groups is 1. The molecule has 0 unspecified atom stereocenters. The van der Waals surface area contributed by atoms with Crippen LogP contribution in [0.1, 0.15) is 29.5 Å². The summed E-state index contributed by atoms with van der Waals surface area (Å²) in [5, 5.41) is 0. The molecule has 0 aliphatic carbocycles. The summed E-state index contributed by atoms with van der Waals surface area (Å²) in [7, 11) is 0. The van der Waals surface area contributed by atoms with Gasteiger partial charge in [0.1, 0.15) is 5.82 Å². The minimum atomic E-state index is 0.688. The number of nitrogens with zero attached hydrogens (tertiary/aromatic N) is 2. The van der Waals surface area contributed by atoms with E-state index >= 15 is 0 Å². The summed E-state index contributed by atoms with van der Waals surface area (Å²) >= 11 is 0. The topological polar surface area (TPSA) is 34.4 Å². The highest BCUT2D eigenvalue weighted by atomic mass is 16.1. The lowest BCUT2D eigenvalue weighted by Crippen LogP contribution is -1.95. The zero-order valence-corrected chi connectivity index (χ0v) is 8.10. The van der Waals surface area contributed by atoms with Crippen LogP contribution in [-0.4, -0.2) is 15.7 Å². The molecule has 0 fully saturated rings. The quantitative estimate of drug-likeness (QED) is 0.691. The van der Waals surface area contributed by atoms with Crippen molar-refractivity contribution in [2.45, 2.75) is 19.8 Å². The Kier molecular flexibility index (Phi) is 2.31. The second-order valence-electron chi connectivity index (χ2n) is 3.30. The van der Waals surface area contributed by atoms with Gasteiger partial charge in [0.2, 0.25) is 0 Å². The van der Waals surface area contributed by atoms with Crippen molar-refractivity contribution in [3.8, 4) is 0 Å². The maximum absolute atomic E-state index is 10.6. The zero-order chi connectivity index (χ0) is 9.97. The van der Waals surface area contributed by atoms with Crippen LogP contribution in [0.4, 0.5) is 0 Å². The molecule has 0 radical (unpaired) electrons. The number of fused-ring (bicyclic) bond motifs is 1. The Hall–Kier alpha value is -1.64. The number of hydrogen-bond acceptors (Lipinski definition) is 2.